The van der Waals surface area contributed by atoms with Gasteiger partial charge >= 0.3 is 5.69 Å². The van der Waals surface area contributed by atoms with Gasteiger partial charge in [0.2, 0.25) is 0 Å². The fourth-order valence-corrected chi connectivity index (χ4v) is 3.03. The number of ether oxygens (including phenoxy) is 3. The number of nitro groups is 1. The first-order valence-corrected chi connectivity index (χ1v) is 9.52. The standard InChI is InChI=1S/C24H20FNO6/c1-30-22-12-8-16(7-11-21(27)19-5-3-4-6-23(19)31-2)13-17(22)15-32-24-14-18(25)9-10-20(24)26(28)29/h3-14H,15H2,1-2H3/b11-7+. The molecule has 0 amide bonds. The van der Waals surface area contributed by atoms with Gasteiger partial charge in [0.15, 0.2) is 11.5 Å². The highest BCUT2D eigenvalue weighted by Crippen LogP contribution is 2.30. The minimum Gasteiger partial charge on any atom is -0.496 e. The van der Waals surface area contributed by atoms with Crippen LogP contribution in [0, 0.1) is 15.9 Å². The highest BCUT2D eigenvalue weighted by atomic mass is 19.1. The Hall–Kier alpha value is -4.20. The fraction of sp³-hybridized carbons (Fsp3) is 0.125. The number of methoxy groups -OCH3 is 2. The van der Waals surface area contributed by atoms with Crippen LogP contribution in [0.2, 0.25) is 0 Å². The Kier molecular flexibility index (Phi) is 7.17. The Morgan fingerprint density at radius 3 is 2.47 bits per heavy atom. The van der Waals surface area contributed by atoms with E-state index >= 15 is 0 Å². The molecule has 0 N–H and O–H groups in total. The summed E-state index contributed by atoms with van der Waals surface area (Å²) in [5, 5.41) is 11.2. The Labute approximate surface area is 183 Å². The molecule has 0 saturated heterocycles. The van der Waals surface area contributed by atoms with Crippen LogP contribution in [0.3, 0.4) is 0 Å². The first-order valence-electron chi connectivity index (χ1n) is 9.52. The molecule has 0 spiro atoms. The smallest absolute Gasteiger partial charge is 0.311 e. The number of nitro benzene ring substituents is 1. The van der Waals surface area contributed by atoms with Crippen LogP contribution in [0.4, 0.5) is 10.1 Å². The monoisotopic (exact) mass is 437 g/mol. The van der Waals surface area contributed by atoms with Gasteiger partial charge in [-0.3, -0.25) is 14.9 Å². The molecule has 32 heavy (non-hydrogen) atoms. The average molecular weight is 437 g/mol. The van der Waals surface area contributed by atoms with Gasteiger partial charge in [-0.05, 0) is 42.0 Å². The van der Waals surface area contributed by atoms with E-state index < -0.39 is 10.7 Å². The molecular formula is C24H20FNO6. The number of benzene rings is 3. The lowest BCUT2D eigenvalue weighted by Gasteiger charge is -2.11. The van der Waals surface area contributed by atoms with E-state index in [2.05, 4.69) is 0 Å². The van der Waals surface area contributed by atoms with Gasteiger partial charge in [-0.1, -0.05) is 24.3 Å². The molecule has 0 heterocycles. The van der Waals surface area contributed by atoms with Gasteiger partial charge in [0.05, 0.1) is 24.7 Å². The minimum absolute atomic E-state index is 0.102. The number of rotatable bonds is 9. The lowest BCUT2D eigenvalue weighted by atomic mass is 10.1. The molecule has 0 unspecified atom stereocenters. The maximum atomic E-state index is 13.5. The number of nitrogens with zero attached hydrogens (tertiary/aromatic N) is 1. The molecule has 3 rings (SSSR count). The molecule has 7 nitrogen and oxygen atoms in total. The SMILES string of the molecule is COc1ccc(/C=C/C(=O)c2ccccc2OC)cc1COc1cc(F)ccc1[N+](=O)[O-]. The summed E-state index contributed by atoms with van der Waals surface area (Å²) in [4.78, 5) is 23.1. The molecule has 0 saturated carbocycles. The zero-order valence-corrected chi connectivity index (χ0v) is 17.4. The van der Waals surface area contributed by atoms with E-state index in [0.717, 1.165) is 18.2 Å². The van der Waals surface area contributed by atoms with Gasteiger partial charge in [0.1, 0.15) is 23.9 Å². The van der Waals surface area contributed by atoms with Crippen molar-refractivity contribution in [2.45, 2.75) is 6.61 Å². The number of carbonyl (C=O) groups is 1. The van der Waals surface area contributed by atoms with Crippen molar-refractivity contribution >= 4 is 17.5 Å². The van der Waals surface area contributed by atoms with Crippen LogP contribution in [-0.4, -0.2) is 24.9 Å². The normalized spacial score (nSPS) is 10.7. The predicted molar refractivity (Wildman–Crippen MR) is 117 cm³/mol. The molecule has 0 radical (unpaired) electrons. The topological polar surface area (TPSA) is 87.9 Å². The summed E-state index contributed by atoms with van der Waals surface area (Å²) in [5.74, 6) is -0.111. The number of hydrogen-bond acceptors (Lipinski definition) is 6. The number of ketones is 1. The molecule has 0 aliphatic carbocycles. The fourth-order valence-electron chi connectivity index (χ4n) is 3.03. The van der Waals surface area contributed by atoms with Crippen molar-refractivity contribution in [1.29, 1.82) is 0 Å². The zero-order chi connectivity index (χ0) is 23.1. The summed E-state index contributed by atoms with van der Waals surface area (Å²) >= 11 is 0. The summed E-state index contributed by atoms with van der Waals surface area (Å²) in [6.45, 7) is -0.102. The number of halogens is 1. The van der Waals surface area contributed by atoms with Gasteiger partial charge in [-0.2, -0.15) is 0 Å². The second-order valence-electron chi connectivity index (χ2n) is 6.63. The molecular weight excluding hydrogens is 417 g/mol. The maximum absolute atomic E-state index is 13.5. The summed E-state index contributed by atoms with van der Waals surface area (Å²) in [6.07, 6.45) is 3.05. The van der Waals surface area contributed by atoms with Gasteiger partial charge in [0.25, 0.3) is 0 Å². The van der Waals surface area contributed by atoms with E-state index in [4.69, 9.17) is 14.2 Å². The molecule has 0 aliphatic heterocycles. The van der Waals surface area contributed by atoms with Crippen molar-refractivity contribution in [3.63, 3.8) is 0 Å². The van der Waals surface area contributed by atoms with Crippen molar-refractivity contribution in [2.24, 2.45) is 0 Å². The third-order valence-electron chi connectivity index (χ3n) is 4.61. The first kappa shape index (κ1) is 22.5. The molecule has 8 heteroatoms. The van der Waals surface area contributed by atoms with E-state index in [9.17, 15) is 19.3 Å². The van der Waals surface area contributed by atoms with Crippen LogP contribution < -0.4 is 14.2 Å². The molecule has 3 aromatic rings. The van der Waals surface area contributed by atoms with E-state index in [1.54, 1.807) is 48.5 Å². The Morgan fingerprint density at radius 2 is 1.75 bits per heavy atom. The zero-order valence-electron chi connectivity index (χ0n) is 17.4. The minimum atomic E-state index is -0.649. The second kappa shape index (κ2) is 10.2. The van der Waals surface area contributed by atoms with Crippen LogP contribution in [0.5, 0.6) is 17.2 Å². The molecule has 3 aromatic carbocycles. The highest BCUT2D eigenvalue weighted by Gasteiger charge is 2.17. The summed E-state index contributed by atoms with van der Waals surface area (Å²) in [7, 11) is 2.97. The molecule has 0 aliphatic rings. The third kappa shape index (κ3) is 5.28. The van der Waals surface area contributed by atoms with Crippen LogP contribution in [0.1, 0.15) is 21.5 Å². The Morgan fingerprint density at radius 1 is 1.00 bits per heavy atom. The maximum Gasteiger partial charge on any atom is 0.311 e. The third-order valence-corrected chi connectivity index (χ3v) is 4.61. The van der Waals surface area contributed by atoms with Gasteiger partial charge in [-0.15, -0.1) is 0 Å². The number of hydrogen-bond donors (Lipinski definition) is 0. The number of carbonyl (C=O) groups excluding carboxylic acids is 1. The van der Waals surface area contributed by atoms with Crippen LogP contribution in [-0.2, 0) is 6.61 Å². The second-order valence-corrected chi connectivity index (χ2v) is 6.63. The molecule has 0 aromatic heterocycles. The average Bonchev–Trinajstić information content (AvgIpc) is 2.80. The largest absolute Gasteiger partial charge is 0.496 e. The van der Waals surface area contributed by atoms with Gasteiger partial charge in [-0.25, -0.2) is 4.39 Å². The van der Waals surface area contributed by atoms with Crippen molar-refractivity contribution in [3.8, 4) is 17.2 Å². The summed E-state index contributed by atoms with van der Waals surface area (Å²) in [6, 6.07) is 15.1. The van der Waals surface area contributed by atoms with E-state index in [-0.39, 0.29) is 23.8 Å². The summed E-state index contributed by atoms with van der Waals surface area (Å²) in [5.41, 5.74) is 1.34. The summed E-state index contributed by atoms with van der Waals surface area (Å²) < 4.78 is 29.6. The number of allylic oxidation sites excluding steroid dienone is 1. The lowest BCUT2D eigenvalue weighted by Crippen LogP contribution is -2.02. The predicted octanol–water partition coefficient (Wildman–Crippen LogP) is 5.23. The van der Waals surface area contributed by atoms with Crippen LogP contribution >= 0.6 is 0 Å². The van der Waals surface area contributed by atoms with Crippen LogP contribution in [0.15, 0.2) is 66.7 Å². The molecule has 164 valence electrons. The Bertz CT molecular complexity index is 1170. The van der Waals surface area contributed by atoms with Gasteiger partial charge in [0, 0.05) is 17.7 Å². The quantitative estimate of drug-likeness (QED) is 0.197. The first-order chi connectivity index (χ1) is 15.4. The van der Waals surface area contributed by atoms with Crippen molar-refractivity contribution in [3.05, 3.63) is 99.4 Å². The molecule has 0 bridgehead atoms. The van der Waals surface area contributed by atoms with E-state index in [0.29, 0.717) is 28.2 Å². The number of para-hydroxylation sites is 1. The Balaban J connectivity index is 1.82. The molecule has 0 fully saturated rings. The van der Waals surface area contributed by atoms with Crippen molar-refractivity contribution in [1.82, 2.24) is 0 Å². The van der Waals surface area contributed by atoms with Crippen LogP contribution in [0.25, 0.3) is 6.08 Å². The van der Waals surface area contributed by atoms with E-state index in [1.807, 2.05) is 0 Å². The highest BCUT2D eigenvalue weighted by molar-refractivity contribution is 6.08. The lowest BCUT2D eigenvalue weighted by molar-refractivity contribution is -0.386. The van der Waals surface area contributed by atoms with Crippen molar-refractivity contribution in [2.75, 3.05) is 14.2 Å². The van der Waals surface area contributed by atoms with E-state index in [1.165, 1.54) is 20.3 Å². The van der Waals surface area contributed by atoms with Crippen molar-refractivity contribution < 1.29 is 28.3 Å². The van der Waals surface area contributed by atoms with Gasteiger partial charge < -0.3 is 14.2 Å². The molecule has 0 atom stereocenters.